The van der Waals surface area contributed by atoms with Crippen LogP contribution in [0.2, 0.25) is 0 Å². The molecule has 3 aromatic rings. The van der Waals surface area contributed by atoms with E-state index in [9.17, 15) is 4.79 Å². The third-order valence-corrected chi connectivity index (χ3v) is 5.57. The molecular weight excluding hydrogens is 330 g/mol. The maximum absolute atomic E-state index is 12.7. The Morgan fingerprint density at radius 1 is 1.39 bits per heavy atom. The lowest BCUT2D eigenvalue weighted by molar-refractivity contribution is -0.117. The molecule has 23 heavy (non-hydrogen) atoms. The number of anilines is 2. The van der Waals surface area contributed by atoms with Crippen molar-refractivity contribution < 1.29 is 4.79 Å². The summed E-state index contributed by atoms with van der Waals surface area (Å²) >= 11 is 3.08. The summed E-state index contributed by atoms with van der Waals surface area (Å²) in [7, 11) is 0. The Morgan fingerprint density at radius 2 is 2.30 bits per heavy atom. The highest BCUT2D eigenvalue weighted by Crippen LogP contribution is 2.32. The fraction of sp³-hybridized carbons (Fsp3) is 0.333. The Morgan fingerprint density at radius 3 is 3.13 bits per heavy atom. The van der Waals surface area contributed by atoms with Crippen molar-refractivity contribution >= 4 is 49.7 Å². The number of nitrogens with zero attached hydrogens (tertiary/aromatic N) is 4. The number of fused-ring (bicyclic) bond motifs is 1. The van der Waals surface area contributed by atoms with Gasteiger partial charge in [0.1, 0.15) is 23.0 Å². The molecule has 4 heterocycles. The van der Waals surface area contributed by atoms with Crippen molar-refractivity contribution in [3.05, 3.63) is 28.8 Å². The molecule has 1 saturated heterocycles. The van der Waals surface area contributed by atoms with Crippen molar-refractivity contribution in [1.82, 2.24) is 15.0 Å². The zero-order valence-corrected chi connectivity index (χ0v) is 14.2. The molecule has 1 N–H and O–H groups in total. The first-order valence-electron chi connectivity index (χ1n) is 7.40. The minimum absolute atomic E-state index is 0.0150. The van der Waals surface area contributed by atoms with Gasteiger partial charge in [0.05, 0.1) is 5.39 Å². The van der Waals surface area contributed by atoms with E-state index >= 15 is 0 Å². The summed E-state index contributed by atoms with van der Waals surface area (Å²) in [6.07, 6.45) is 5.15. The van der Waals surface area contributed by atoms with Crippen LogP contribution in [0.4, 0.5) is 10.9 Å². The lowest BCUT2D eigenvalue weighted by atomic mass is 10.2. The quantitative estimate of drug-likeness (QED) is 0.790. The summed E-state index contributed by atoms with van der Waals surface area (Å²) in [5, 5.41) is 6.61. The zero-order chi connectivity index (χ0) is 15.8. The van der Waals surface area contributed by atoms with E-state index in [1.165, 1.54) is 11.3 Å². The molecule has 0 unspecified atom stereocenters. The monoisotopic (exact) mass is 345 g/mol. The molecule has 0 saturated carbocycles. The van der Waals surface area contributed by atoms with E-state index in [0.717, 1.165) is 40.3 Å². The predicted molar refractivity (Wildman–Crippen MR) is 93.3 cm³/mol. The summed E-state index contributed by atoms with van der Waals surface area (Å²) in [6, 6.07) is 1.81. The molecule has 1 fully saturated rings. The van der Waals surface area contributed by atoms with Gasteiger partial charge >= 0.3 is 0 Å². The smallest absolute Gasteiger partial charge is 0.248 e. The molecule has 0 spiro atoms. The normalized spacial score (nSPS) is 17.8. The van der Waals surface area contributed by atoms with Crippen LogP contribution in [-0.2, 0) is 4.79 Å². The molecule has 0 bridgehead atoms. The second kappa shape index (κ2) is 5.86. The average molecular weight is 345 g/mol. The van der Waals surface area contributed by atoms with E-state index in [1.54, 1.807) is 23.9 Å². The number of aromatic nitrogens is 3. The van der Waals surface area contributed by atoms with Gasteiger partial charge in [-0.05, 0) is 31.2 Å². The number of carbonyl (C=O) groups excluding carboxylic acids is 1. The van der Waals surface area contributed by atoms with Crippen molar-refractivity contribution in [2.75, 3.05) is 16.8 Å². The standard InChI is InChI=1S/C15H15N5OS2/c1-9-7-16-15(23-9)19-13(21)11-3-2-5-20(11)12-10-4-6-22-14(10)18-8-17-12/h4,6-8,11H,2-3,5H2,1H3,(H,16,19,21)/t11-/m1/s1. The fourth-order valence-electron chi connectivity index (χ4n) is 2.90. The van der Waals surface area contributed by atoms with Crippen LogP contribution in [0.5, 0.6) is 0 Å². The van der Waals surface area contributed by atoms with Crippen LogP contribution >= 0.6 is 22.7 Å². The fourth-order valence-corrected chi connectivity index (χ4v) is 4.29. The number of aryl methyl sites for hydroxylation is 1. The molecule has 118 valence electrons. The van der Waals surface area contributed by atoms with Crippen LogP contribution in [0.25, 0.3) is 10.2 Å². The van der Waals surface area contributed by atoms with Crippen LogP contribution in [0.3, 0.4) is 0 Å². The van der Waals surface area contributed by atoms with Gasteiger partial charge in [0.2, 0.25) is 5.91 Å². The molecule has 1 aliphatic rings. The van der Waals surface area contributed by atoms with Gasteiger partial charge in [-0.2, -0.15) is 0 Å². The van der Waals surface area contributed by atoms with Crippen molar-refractivity contribution in [1.29, 1.82) is 0 Å². The molecule has 0 radical (unpaired) electrons. The lowest BCUT2D eigenvalue weighted by Crippen LogP contribution is -2.40. The van der Waals surface area contributed by atoms with Crippen LogP contribution in [0.15, 0.2) is 24.0 Å². The van der Waals surface area contributed by atoms with Gasteiger partial charge in [0.25, 0.3) is 0 Å². The van der Waals surface area contributed by atoms with E-state index < -0.39 is 0 Å². The number of thiophene rings is 1. The van der Waals surface area contributed by atoms with Gasteiger partial charge < -0.3 is 10.2 Å². The number of hydrogen-bond donors (Lipinski definition) is 1. The Balaban J connectivity index is 1.61. The van der Waals surface area contributed by atoms with Crippen LogP contribution in [0.1, 0.15) is 17.7 Å². The summed E-state index contributed by atoms with van der Waals surface area (Å²) in [5.74, 6) is 0.836. The minimum atomic E-state index is -0.211. The first-order chi connectivity index (χ1) is 11.2. The number of nitrogens with one attached hydrogen (secondary N) is 1. The van der Waals surface area contributed by atoms with Gasteiger partial charge in [-0.15, -0.1) is 22.7 Å². The van der Waals surface area contributed by atoms with Gasteiger partial charge in [0, 0.05) is 17.6 Å². The Hall–Kier alpha value is -2.06. The van der Waals surface area contributed by atoms with Crippen LogP contribution in [0, 0.1) is 6.92 Å². The SMILES string of the molecule is Cc1cnc(NC(=O)[C@H]2CCCN2c2ncnc3sccc23)s1. The lowest BCUT2D eigenvalue weighted by Gasteiger charge is -2.24. The van der Waals surface area contributed by atoms with Crippen LogP contribution < -0.4 is 10.2 Å². The number of rotatable bonds is 3. The van der Waals surface area contributed by atoms with E-state index in [1.807, 2.05) is 18.4 Å². The minimum Gasteiger partial charge on any atom is -0.344 e. The highest BCUT2D eigenvalue weighted by Gasteiger charge is 2.33. The van der Waals surface area contributed by atoms with Crippen molar-refractivity contribution in [2.45, 2.75) is 25.8 Å². The Kier molecular flexibility index (Phi) is 3.70. The predicted octanol–water partition coefficient (Wildman–Crippen LogP) is 3.06. The summed E-state index contributed by atoms with van der Waals surface area (Å²) in [6.45, 7) is 2.81. The van der Waals surface area contributed by atoms with Crippen LogP contribution in [-0.4, -0.2) is 33.4 Å². The molecular formula is C15H15N5OS2. The maximum atomic E-state index is 12.7. The molecule has 3 aromatic heterocycles. The molecule has 8 heteroatoms. The summed E-state index contributed by atoms with van der Waals surface area (Å²) in [4.78, 5) is 29.7. The van der Waals surface area contributed by atoms with Gasteiger partial charge in [-0.25, -0.2) is 15.0 Å². The number of hydrogen-bond acceptors (Lipinski definition) is 7. The number of amides is 1. The zero-order valence-electron chi connectivity index (χ0n) is 12.5. The van der Waals surface area contributed by atoms with Crippen molar-refractivity contribution in [3.63, 3.8) is 0 Å². The third-order valence-electron chi connectivity index (χ3n) is 3.92. The third kappa shape index (κ3) is 2.68. The average Bonchev–Trinajstić information content (AvgIpc) is 3.26. The Bertz CT molecular complexity index is 858. The molecule has 4 rings (SSSR count). The molecule has 1 atom stereocenters. The van der Waals surface area contributed by atoms with E-state index in [2.05, 4.69) is 25.2 Å². The Labute approximate surface area is 141 Å². The molecule has 0 aromatic carbocycles. The number of thiazole rings is 1. The summed E-state index contributed by atoms with van der Waals surface area (Å²) in [5.41, 5.74) is 0. The maximum Gasteiger partial charge on any atom is 0.248 e. The topological polar surface area (TPSA) is 71.0 Å². The van der Waals surface area contributed by atoms with Crippen molar-refractivity contribution in [2.24, 2.45) is 0 Å². The van der Waals surface area contributed by atoms with Gasteiger partial charge in [-0.1, -0.05) is 0 Å². The molecule has 1 amide bonds. The van der Waals surface area contributed by atoms with E-state index in [-0.39, 0.29) is 11.9 Å². The van der Waals surface area contributed by atoms with Gasteiger partial charge in [-0.3, -0.25) is 4.79 Å². The summed E-state index contributed by atoms with van der Waals surface area (Å²) < 4.78 is 0. The largest absolute Gasteiger partial charge is 0.344 e. The first-order valence-corrected chi connectivity index (χ1v) is 9.10. The first kappa shape index (κ1) is 14.5. The number of carbonyl (C=O) groups is 1. The van der Waals surface area contributed by atoms with Crippen molar-refractivity contribution in [3.8, 4) is 0 Å². The highest BCUT2D eigenvalue weighted by molar-refractivity contribution is 7.16. The van der Waals surface area contributed by atoms with E-state index in [4.69, 9.17) is 0 Å². The van der Waals surface area contributed by atoms with Gasteiger partial charge in [0.15, 0.2) is 5.13 Å². The highest BCUT2D eigenvalue weighted by atomic mass is 32.1. The van der Waals surface area contributed by atoms with E-state index in [0.29, 0.717) is 5.13 Å². The second-order valence-corrected chi connectivity index (χ2v) is 7.58. The molecule has 6 nitrogen and oxygen atoms in total. The molecule has 1 aliphatic heterocycles. The second-order valence-electron chi connectivity index (χ2n) is 5.45. The molecule has 0 aliphatic carbocycles.